The lowest BCUT2D eigenvalue weighted by molar-refractivity contribution is -0.358. The first-order chi connectivity index (χ1) is 15.2. The predicted molar refractivity (Wildman–Crippen MR) is 137 cm³/mol. The van der Waals surface area contributed by atoms with Crippen molar-refractivity contribution in [2.45, 2.75) is 83.5 Å². The van der Waals surface area contributed by atoms with E-state index in [0.717, 1.165) is 69.7 Å². The molecule has 2 saturated carbocycles. The minimum absolute atomic E-state index is 0.0574. The molecule has 0 amide bonds. The highest BCUT2D eigenvalue weighted by Crippen LogP contribution is 2.70. The molecule has 0 aromatic carbocycles. The van der Waals surface area contributed by atoms with E-state index in [0.29, 0.717) is 11.8 Å². The van der Waals surface area contributed by atoms with Crippen LogP contribution in [0.25, 0.3) is 0 Å². The third-order valence-corrected chi connectivity index (χ3v) is 11.1. The molecule has 1 aliphatic heterocycles. The highest BCUT2D eigenvalue weighted by atomic mass is 127. The fourth-order valence-corrected chi connectivity index (χ4v) is 10.3. The Morgan fingerprint density at radius 3 is 2.66 bits per heavy atom. The van der Waals surface area contributed by atoms with Crippen LogP contribution in [0.4, 0.5) is 0 Å². The lowest BCUT2D eigenvalue weighted by Gasteiger charge is -2.62. The maximum absolute atomic E-state index is 12.5. The van der Waals surface area contributed by atoms with Gasteiger partial charge in [0.25, 0.3) is 0 Å². The van der Waals surface area contributed by atoms with Crippen molar-refractivity contribution in [3.8, 4) is 0 Å². The summed E-state index contributed by atoms with van der Waals surface area (Å²) in [6.45, 7) is 8.26. The van der Waals surface area contributed by atoms with Crippen LogP contribution in [0.5, 0.6) is 0 Å². The quantitative estimate of drug-likeness (QED) is 0.310. The van der Waals surface area contributed by atoms with E-state index in [4.69, 9.17) is 14.2 Å². The number of allylic oxidation sites excluding steroid dienone is 2. The first-order valence-electron chi connectivity index (χ1n) is 12.4. The molecule has 1 N–H and O–H groups in total. The molecule has 0 aromatic rings. The Bertz CT molecular complexity index is 813. The molecule has 0 aromatic heterocycles. The normalized spacial score (nSPS) is 42.2. The molecule has 0 radical (unpaired) electrons. The predicted octanol–water partition coefficient (Wildman–Crippen LogP) is 6.43. The number of methoxy groups -OCH3 is 1. The molecular weight excluding hydrogens is 535 g/mol. The molecule has 4 aliphatic carbocycles. The summed E-state index contributed by atoms with van der Waals surface area (Å²) in [4.78, 5) is 0. The number of hydrogen-bond donors (Lipinski definition) is 1. The molecule has 1 spiro atoms. The zero-order chi connectivity index (χ0) is 22.8. The van der Waals surface area contributed by atoms with Crippen LogP contribution in [0, 0.1) is 28.6 Å². The van der Waals surface area contributed by atoms with Crippen LogP contribution in [0.2, 0.25) is 0 Å². The Kier molecular flexibility index (Phi) is 6.31. The van der Waals surface area contributed by atoms with Gasteiger partial charge in [-0.1, -0.05) is 40.9 Å². The van der Waals surface area contributed by atoms with Crippen molar-refractivity contribution in [2.24, 2.45) is 28.6 Å². The van der Waals surface area contributed by atoms with Gasteiger partial charge in [-0.05, 0) is 77.6 Å². The van der Waals surface area contributed by atoms with Crippen molar-refractivity contribution in [2.75, 3.05) is 26.1 Å². The molecule has 4 nitrogen and oxygen atoms in total. The van der Waals surface area contributed by atoms with E-state index in [1.54, 1.807) is 16.0 Å². The number of aliphatic hydroxyl groups is 1. The minimum atomic E-state index is -0.723. The van der Waals surface area contributed by atoms with Gasteiger partial charge < -0.3 is 19.3 Å². The first-order valence-corrected chi connectivity index (χ1v) is 15.9. The molecule has 5 unspecified atom stereocenters. The summed E-state index contributed by atoms with van der Waals surface area (Å²) in [5.74, 6) is 2.65. The molecule has 5 rings (SSSR count). The molecule has 1 saturated heterocycles. The van der Waals surface area contributed by atoms with Crippen molar-refractivity contribution < 1.29 is 19.3 Å². The summed E-state index contributed by atoms with van der Waals surface area (Å²) in [7, 11) is 3.54. The molecule has 5 atom stereocenters. The highest BCUT2D eigenvalue weighted by Gasteiger charge is 2.71. The van der Waals surface area contributed by atoms with Gasteiger partial charge in [-0.15, -0.1) is 0 Å². The van der Waals surface area contributed by atoms with Crippen molar-refractivity contribution >= 4 is 30.1 Å². The minimum Gasteiger partial charge on any atom is -0.501 e. The van der Waals surface area contributed by atoms with E-state index >= 15 is 0 Å². The van der Waals surface area contributed by atoms with Gasteiger partial charge in [-0.25, -0.2) is 0 Å². The molecule has 180 valence electrons. The Morgan fingerprint density at radius 1 is 1.25 bits per heavy atom. The molecule has 1 heterocycles. The maximum Gasteiger partial charge on any atom is 0.174 e. The van der Waals surface area contributed by atoms with Crippen LogP contribution in [0.3, 0.4) is 0 Å². The summed E-state index contributed by atoms with van der Waals surface area (Å²) in [5, 5.41) is 12.5. The van der Waals surface area contributed by atoms with E-state index < -0.39 is 11.4 Å². The second-order valence-electron chi connectivity index (χ2n) is 11.7. The third-order valence-electron chi connectivity index (χ3n) is 9.53. The molecule has 5 aliphatic rings. The standard InChI is InChI=1S/C26H39IO4S/c1-5-24-13-25(28,16-32-27)22-19-9-7-18(29-4)12-17(19)6-8-20(22)21(24)10-11-26(24)30-14-23(2,3)15-31-26/h7,20-22,28H,5-6,8-16H2,1-4H3. The van der Waals surface area contributed by atoms with Crippen LogP contribution in [-0.4, -0.2) is 42.6 Å². The van der Waals surface area contributed by atoms with Crippen LogP contribution < -0.4 is 0 Å². The van der Waals surface area contributed by atoms with Gasteiger partial charge in [0.05, 0.1) is 31.7 Å². The molecule has 3 fully saturated rings. The summed E-state index contributed by atoms with van der Waals surface area (Å²) in [6.07, 6.45) is 10.4. The number of rotatable bonds is 4. The van der Waals surface area contributed by atoms with Gasteiger partial charge in [-0.2, -0.15) is 0 Å². The lowest BCUT2D eigenvalue weighted by atomic mass is 9.48. The number of fused-ring (bicyclic) bond motifs is 5. The van der Waals surface area contributed by atoms with Gasteiger partial charge in [0.1, 0.15) is 0 Å². The Balaban J connectivity index is 1.55. The molecule has 6 heteroatoms. The summed E-state index contributed by atoms with van der Waals surface area (Å²) >= 11 is 2.37. The smallest absolute Gasteiger partial charge is 0.174 e. The Morgan fingerprint density at radius 2 is 2.00 bits per heavy atom. The van der Waals surface area contributed by atoms with Gasteiger partial charge in [0.2, 0.25) is 0 Å². The molecule has 32 heavy (non-hydrogen) atoms. The third kappa shape index (κ3) is 3.48. The second kappa shape index (κ2) is 8.42. The van der Waals surface area contributed by atoms with Crippen LogP contribution in [0.1, 0.15) is 72.1 Å². The van der Waals surface area contributed by atoms with Crippen LogP contribution in [-0.2, 0) is 14.2 Å². The average molecular weight is 575 g/mol. The van der Waals surface area contributed by atoms with Crippen LogP contribution >= 0.6 is 30.1 Å². The van der Waals surface area contributed by atoms with E-state index in [-0.39, 0.29) is 16.7 Å². The topological polar surface area (TPSA) is 47.9 Å². The largest absolute Gasteiger partial charge is 0.501 e. The monoisotopic (exact) mass is 574 g/mol. The molecular formula is C26H39IO4S. The summed E-state index contributed by atoms with van der Waals surface area (Å²) < 4.78 is 19.0. The SMILES string of the molecule is CCC12CC(O)(CSI)C3C4=C(CCC3C1CCC21OCC(C)(C)CO1)CC(OC)=CC4. The first kappa shape index (κ1) is 24.0. The van der Waals surface area contributed by atoms with E-state index in [2.05, 4.69) is 48.1 Å². The fourth-order valence-electron chi connectivity index (χ4n) is 8.17. The maximum atomic E-state index is 12.5. The summed E-state index contributed by atoms with van der Waals surface area (Å²) in [5.41, 5.74) is 2.28. The zero-order valence-corrected chi connectivity index (χ0v) is 23.0. The van der Waals surface area contributed by atoms with Crippen LogP contribution in [0.15, 0.2) is 23.0 Å². The van der Waals surface area contributed by atoms with Crippen molar-refractivity contribution in [1.82, 2.24) is 0 Å². The lowest BCUT2D eigenvalue weighted by Crippen LogP contribution is -2.65. The van der Waals surface area contributed by atoms with Gasteiger partial charge in [0, 0.05) is 35.3 Å². The van der Waals surface area contributed by atoms with Crippen molar-refractivity contribution in [3.05, 3.63) is 23.0 Å². The highest BCUT2D eigenvalue weighted by molar-refractivity contribution is 14.2. The van der Waals surface area contributed by atoms with Gasteiger partial charge >= 0.3 is 0 Å². The number of ether oxygens (including phenoxy) is 3. The zero-order valence-electron chi connectivity index (χ0n) is 20.0. The average Bonchev–Trinajstić information content (AvgIpc) is 3.09. The Labute approximate surface area is 209 Å². The van der Waals surface area contributed by atoms with E-state index in [9.17, 15) is 5.11 Å². The second-order valence-corrected chi connectivity index (χ2v) is 14.1. The van der Waals surface area contributed by atoms with Crippen molar-refractivity contribution in [1.29, 1.82) is 0 Å². The molecule has 0 bridgehead atoms. The fraction of sp³-hybridized carbons (Fsp3) is 0.846. The number of hydrogen-bond acceptors (Lipinski definition) is 5. The number of halogens is 1. The van der Waals surface area contributed by atoms with Gasteiger partial charge in [-0.3, -0.25) is 0 Å². The van der Waals surface area contributed by atoms with Crippen molar-refractivity contribution in [3.63, 3.8) is 0 Å². The summed E-state index contributed by atoms with van der Waals surface area (Å²) in [6, 6.07) is 0. The van der Waals surface area contributed by atoms with E-state index in [1.807, 2.05) is 0 Å². The van der Waals surface area contributed by atoms with Gasteiger partial charge in [0.15, 0.2) is 5.79 Å². The Hall–Kier alpha value is 0.240. The van der Waals surface area contributed by atoms with E-state index in [1.165, 1.54) is 17.6 Å².